The first-order valence-corrected chi connectivity index (χ1v) is 3.96. The number of hydrogen-bond acceptors (Lipinski definition) is 3. The van der Waals surface area contributed by atoms with Gasteiger partial charge in [0.15, 0.2) is 0 Å². The van der Waals surface area contributed by atoms with E-state index in [0.717, 1.165) is 0 Å². The van der Waals surface area contributed by atoms with E-state index in [9.17, 15) is 4.79 Å². The van der Waals surface area contributed by atoms with Crippen molar-refractivity contribution in [3.8, 4) is 0 Å². The van der Waals surface area contributed by atoms with Gasteiger partial charge in [-0.25, -0.2) is 4.68 Å². The minimum Gasteiger partial charge on any atom is -0.329 e. The summed E-state index contributed by atoms with van der Waals surface area (Å²) in [6.07, 6.45) is 1.56. The van der Waals surface area contributed by atoms with E-state index in [4.69, 9.17) is 5.73 Å². The molecule has 11 heavy (non-hydrogen) atoms. The van der Waals surface area contributed by atoms with Gasteiger partial charge in [0.1, 0.15) is 0 Å². The van der Waals surface area contributed by atoms with E-state index in [1.54, 1.807) is 12.3 Å². The summed E-state index contributed by atoms with van der Waals surface area (Å²) in [7, 11) is 0. The summed E-state index contributed by atoms with van der Waals surface area (Å²) >= 11 is 3.10. The molecule has 1 rings (SSSR count). The van der Waals surface area contributed by atoms with Crippen LogP contribution >= 0.6 is 15.9 Å². The van der Waals surface area contributed by atoms with Gasteiger partial charge < -0.3 is 5.73 Å². The Hall–Kier alpha value is -0.680. The molecule has 0 saturated heterocycles. The van der Waals surface area contributed by atoms with Gasteiger partial charge in [-0.15, -0.1) is 0 Å². The highest BCUT2D eigenvalue weighted by Crippen LogP contribution is 1.97. The van der Waals surface area contributed by atoms with Crippen LogP contribution in [0.2, 0.25) is 0 Å². The van der Waals surface area contributed by atoms with Crippen molar-refractivity contribution >= 4 is 15.9 Å². The quantitative estimate of drug-likeness (QED) is 0.757. The van der Waals surface area contributed by atoms with Crippen molar-refractivity contribution in [2.45, 2.75) is 6.54 Å². The van der Waals surface area contributed by atoms with Gasteiger partial charge >= 0.3 is 0 Å². The molecule has 0 aliphatic rings. The predicted octanol–water partition coefficient (Wildman–Crippen LogP) is -0.0355. The predicted molar refractivity (Wildman–Crippen MR) is 45.3 cm³/mol. The molecule has 0 aromatic carbocycles. The largest absolute Gasteiger partial charge is 0.329 e. The number of nitrogens with zero attached hydrogens (tertiary/aromatic N) is 2. The van der Waals surface area contributed by atoms with Crippen LogP contribution in [0.3, 0.4) is 0 Å². The summed E-state index contributed by atoms with van der Waals surface area (Å²) in [6, 6.07) is 1.61. The first kappa shape index (κ1) is 8.42. The zero-order valence-corrected chi connectivity index (χ0v) is 7.41. The zero-order chi connectivity index (χ0) is 8.27. The van der Waals surface area contributed by atoms with Crippen LogP contribution in [-0.2, 0) is 6.54 Å². The van der Waals surface area contributed by atoms with Crippen LogP contribution in [0.1, 0.15) is 0 Å². The van der Waals surface area contributed by atoms with E-state index in [2.05, 4.69) is 21.0 Å². The van der Waals surface area contributed by atoms with Gasteiger partial charge in [0, 0.05) is 12.7 Å². The molecule has 0 bridgehead atoms. The second kappa shape index (κ2) is 3.64. The fourth-order valence-electron chi connectivity index (χ4n) is 0.708. The summed E-state index contributed by atoms with van der Waals surface area (Å²) in [5.74, 6) is 0. The number of nitrogens with two attached hydrogens (primary N) is 1. The molecule has 0 aliphatic carbocycles. The summed E-state index contributed by atoms with van der Waals surface area (Å²) in [4.78, 5) is 11.2. The van der Waals surface area contributed by atoms with Crippen LogP contribution in [0.5, 0.6) is 0 Å². The van der Waals surface area contributed by atoms with Gasteiger partial charge in [0.05, 0.1) is 11.0 Å². The monoisotopic (exact) mass is 217 g/mol. The SMILES string of the molecule is NCCn1nccc(Br)c1=O. The van der Waals surface area contributed by atoms with E-state index in [1.165, 1.54) is 4.68 Å². The molecule has 0 amide bonds. The van der Waals surface area contributed by atoms with Gasteiger partial charge in [0.2, 0.25) is 0 Å². The standard InChI is InChI=1S/C6H8BrN3O/c7-5-1-3-9-10(4-2-8)6(5)11/h1,3H,2,4,8H2. The molecule has 0 unspecified atom stereocenters. The molecule has 1 heterocycles. The Bertz CT molecular complexity index is 296. The van der Waals surface area contributed by atoms with Gasteiger partial charge in [-0.2, -0.15) is 5.10 Å². The molecular formula is C6H8BrN3O. The fraction of sp³-hybridized carbons (Fsp3) is 0.333. The second-order valence-electron chi connectivity index (χ2n) is 2.00. The van der Waals surface area contributed by atoms with Gasteiger partial charge in [-0.1, -0.05) is 0 Å². The maximum Gasteiger partial charge on any atom is 0.281 e. The number of halogens is 1. The topological polar surface area (TPSA) is 60.9 Å². The Balaban J connectivity index is 3.07. The molecule has 0 radical (unpaired) electrons. The van der Waals surface area contributed by atoms with Crippen LogP contribution in [0.4, 0.5) is 0 Å². The van der Waals surface area contributed by atoms with Crippen molar-refractivity contribution in [3.63, 3.8) is 0 Å². The molecule has 0 saturated carbocycles. The van der Waals surface area contributed by atoms with Crippen LogP contribution in [0.25, 0.3) is 0 Å². The first-order valence-electron chi connectivity index (χ1n) is 3.17. The molecular weight excluding hydrogens is 210 g/mol. The minimum absolute atomic E-state index is 0.141. The Kier molecular flexibility index (Phi) is 2.78. The molecule has 1 aromatic rings. The highest BCUT2D eigenvalue weighted by Gasteiger charge is 1.98. The molecule has 60 valence electrons. The number of hydrogen-bond donors (Lipinski definition) is 1. The molecule has 4 nitrogen and oxygen atoms in total. The van der Waals surface area contributed by atoms with Crippen LogP contribution in [0, 0.1) is 0 Å². The molecule has 1 aromatic heterocycles. The highest BCUT2D eigenvalue weighted by molar-refractivity contribution is 9.10. The maximum atomic E-state index is 11.2. The van der Waals surface area contributed by atoms with E-state index < -0.39 is 0 Å². The van der Waals surface area contributed by atoms with Gasteiger partial charge in [0.25, 0.3) is 5.56 Å². The summed E-state index contributed by atoms with van der Waals surface area (Å²) in [5, 5.41) is 3.82. The Labute approximate surface area is 72.1 Å². The average molecular weight is 218 g/mol. The molecule has 0 atom stereocenters. The minimum atomic E-state index is -0.141. The normalized spacial score (nSPS) is 10.0. The molecule has 5 heteroatoms. The third-order valence-corrected chi connectivity index (χ3v) is 1.81. The Morgan fingerprint density at radius 1 is 1.73 bits per heavy atom. The fourth-order valence-corrected chi connectivity index (χ4v) is 1.03. The summed E-state index contributed by atoms with van der Waals surface area (Å²) in [6.45, 7) is 0.877. The van der Waals surface area contributed by atoms with Crippen molar-refractivity contribution in [1.29, 1.82) is 0 Å². The summed E-state index contributed by atoms with van der Waals surface area (Å²) < 4.78 is 1.84. The van der Waals surface area contributed by atoms with Gasteiger partial charge in [-0.3, -0.25) is 4.79 Å². The lowest BCUT2D eigenvalue weighted by Gasteiger charge is -2.00. The lowest BCUT2D eigenvalue weighted by molar-refractivity contribution is 0.584. The van der Waals surface area contributed by atoms with Crippen molar-refractivity contribution in [1.82, 2.24) is 9.78 Å². The molecule has 0 fully saturated rings. The first-order chi connectivity index (χ1) is 5.25. The maximum absolute atomic E-state index is 11.2. The third kappa shape index (κ3) is 1.87. The number of rotatable bonds is 2. The van der Waals surface area contributed by atoms with Crippen LogP contribution < -0.4 is 11.3 Å². The second-order valence-corrected chi connectivity index (χ2v) is 2.85. The molecule has 2 N–H and O–H groups in total. The molecule has 0 aliphatic heterocycles. The zero-order valence-electron chi connectivity index (χ0n) is 5.83. The van der Waals surface area contributed by atoms with E-state index in [-0.39, 0.29) is 5.56 Å². The van der Waals surface area contributed by atoms with Crippen molar-refractivity contribution in [2.75, 3.05) is 6.54 Å². The van der Waals surface area contributed by atoms with E-state index in [0.29, 0.717) is 17.6 Å². The average Bonchev–Trinajstić information content (AvgIpc) is 1.99. The number of aromatic nitrogens is 2. The van der Waals surface area contributed by atoms with Gasteiger partial charge in [-0.05, 0) is 22.0 Å². The van der Waals surface area contributed by atoms with Crippen molar-refractivity contribution in [3.05, 3.63) is 27.1 Å². The Morgan fingerprint density at radius 3 is 3.09 bits per heavy atom. The summed E-state index contributed by atoms with van der Waals surface area (Å²) in [5.41, 5.74) is 5.12. The lowest BCUT2D eigenvalue weighted by Crippen LogP contribution is -2.26. The van der Waals surface area contributed by atoms with Crippen molar-refractivity contribution < 1.29 is 0 Å². The van der Waals surface area contributed by atoms with E-state index in [1.807, 2.05) is 0 Å². The third-order valence-electron chi connectivity index (χ3n) is 1.21. The van der Waals surface area contributed by atoms with E-state index >= 15 is 0 Å². The van der Waals surface area contributed by atoms with Crippen LogP contribution in [-0.4, -0.2) is 16.3 Å². The highest BCUT2D eigenvalue weighted by atomic mass is 79.9. The lowest BCUT2D eigenvalue weighted by atomic mass is 10.5. The smallest absolute Gasteiger partial charge is 0.281 e. The van der Waals surface area contributed by atoms with Crippen molar-refractivity contribution in [2.24, 2.45) is 5.73 Å². The van der Waals surface area contributed by atoms with Crippen LogP contribution in [0.15, 0.2) is 21.5 Å². The molecule has 0 spiro atoms. The Morgan fingerprint density at radius 2 is 2.45 bits per heavy atom.